The molecule has 0 unspecified atom stereocenters. The molecule has 0 amide bonds. The number of carboxylic acid groups (broad SMARTS) is 1. The van der Waals surface area contributed by atoms with Crippen molar-refractivity contribution in [2.45, 2.75) is 0 Å². The summed E-state index contributed by atoms with van der Waals surface area (Å²) < 4.78 is 0. The van der Waals surface area contributed by atoms with E-state index in [1.807, 2.05) is 0 Å². The number of carboxylic acids is 1. The summed E-state index contributed by atoms with van der Waals surface area (Å²) in [6, 6.07) is 14.4. The molecule has 0 aliphatic heterocycles. The first-order valence-corrected chi connectivity index (χ1v) is 4.86. The Morgan fingerprint density at radius 2 is 1.18 bits per heavy atom. The van der Waals surface area contributed by atoms with Crippen LogP contribution >= 0.6 is 0 Å². The molecule has 3 N–H and O–H groups in total. The number of phenolic OH excluding ortho intramolecular Hbond substituents is 2. The van der Waals surface area contributed by atoms with E-state index >= 15 is 0 Å². The Kier molecular flexibility index (Phi) is 4.57. The van der Waals surface area contributed by atoms with Gasteiger partial charge in [-0.05, 0) is 24.3 Å². The molecule has 0 spiro atoms. The zero-order valence-corrected chi connectivity index (χ0v) is 8.95. The van der Waals surface area contributed by atoms with Crippen LogP contribution in [-0.2, 0) is 0 Å². The van der Waals surface area contributed by atoms with Crippen LogP contribution in [0.5, 0.6) is 11.5 Å². The van der Waals surface area contributed by atoms with Gasteiger partial charge in [-0.1, -0.05) is 30.3 Å². The summed E-state index contributed by atoms with van der Waals surface area (Å²) >= 11 is 0. The van der Waals surface area contributed by atoms with E-state index in [1.54, 1.807) is 42.5 Å². The number of para-hydroxylation sites is 2. The molecule has 0 heterocycles. The predicted octanol–water partition coefficient (Wildman–Crippen LogP) is 2.48. The quantitative estimate of drug-likeness (QED) is 0.660. The maximum absolute atomic E-state index is 10.2. The molecule has 2 aromatic rings. The summed E-state index contributed by atoms with van der Waals surface area (Å²) in [5, 5.41) is 25.7. The second-order valence-corrected chi connectivity index (χ2v) is 3.16. The van der Waals surface area contributed by atoms with Crippen molar-refractivity contribution in [2.24, 2.45) is 0 Å². The smallest absolute Gasteiger partial charge is 0.335 e. The van der Waals surface area contributed by atoms with Crippen LogP contribution < -0.4 is 0 Å². The second kappa shape index (κ2) is 6.17. The van der Waals surface area contributed by atoms with Gasteiger partial charge in [0.25, 0.3) is 0 Å². The fourth-order valence-corrected chi connectivity index (χ4v) is 1.04. The molecule has 2 rings (SSSR count). The van der Waals surface area contributed by atoms with Crippen LogP contribution in [-0.4, -0.2) is 21.3 Å². The SMILES string of the molecule is O=C(O)c1ccccc1.Oc1ccccc1O. The minimum absolute atomic E-state index is 0.0764. The van der Waals surface area contributed by atoms with Gasteiger partial charge in [-0.25, -0.2) is 4.79 Å². The van der Waals surface area contributed by atoms with Gasteiger partial charge in [-0.3, -0.25) is 0 Å². The first-order valence-electron chi connectivity index (χ1n) is 4.86. The summed E-state index contributed by atoms with van der Waals surface area (Å²) in [5.74, 6) is -1.03. The van der Waals surface area contributed by atoms with E-state index in [2.05, 4.69) is 0 Å². The third-order valence-corrected chi connectivity index (χ3v) is 1.90. The van der Waals surface area contributed by atoms with Crippen molar-refractivity contribution in [1.29, 1.82) is 0 Å². The molecule has 0 aromatic heterocycles. The normalized spacial score (nSPS) is 8.94. The highest BCUT2D eigenvalue weighted by Gasteiger charge is 1.96. The molecular weight excluding hydrogens is 220 g/mol. The maximum Gasteiger partial charge on any atom is 0.335 e. The van der Waals surface area contributed by atoms with Gasteiger partial charge >= 0.3 is 5.97 Å². The Morgan fingerprint density at radius 3 is 1.47 bits per heavy atom. The first kappa shape index (κ1) is 12.6. The number of aromatic hydroxyl groups is 2. The Morgan fingerprint density at radius 1 is 0.765 bits per heavy atom. The highest BCUT2D eigenvalue weighted by molar-refractivity contribution is 5.87. The molecule has 4 heteroatoms. The number of hydrogen-bond acceptors (Lipinski definition) is 3. The van der Waals surface area contributed by atoms with Crippen LogP contribution in [0.1, 0.15) is 10.4 Å². The Labute approximate surface area is 98.4 Å². The average Bonchev–Trinajstić information content (AvgIpc) is 2.35. The maximum atomic E-state index is 10.2. The van der Waals surface area contributed by atoms with E-state index in [1.165, 1.54) is 12.1 Å². The minimum atomic E-state index is -0.879. The van der Waals surface area contributed by atoms with E-state index in [-0.39, 0.29) is 11.5 Å². The van der Waals surface area contributed by atoms with Crippen LogP contribution in [0.15, 0.2) is 54.6 Å². The standard InChI is InChI=1S/C7H6O2.C6H6O2/c8-7(9)6-4-2-1-3-5-6;7-5-3-1-2-4-6(5)8/h1-5H,(H,8,9);1-4,7-8H. The van der Waals surface area contributed by atoms with Gasteiger partial charge in [0.2, 0.25) is 0 Å². The average molecular weight is 232 g/mol. The summed E-state index contributed by atoms with van der Waals surface area (Å²) in [6.07, 6.45) is 0. The highest BCUT2D eigenvalue weighted by Crippen LogP contribution is 2.21. The number of rotatable bonds is 1. The van der Waals surface area contributed by atoms with Gasteiger partial charge in [-0.2, -0.15) is 0 Å². The number of aromatic carboxylic acids is 1. The van der Waals surface area contributed by atoms with Crippen molar-refractivity contribution >= 4 is 5.97 Å². The number of benzene rings is 2. The van der Waals surface area contributed by atoms with Crippen molar-refractivity contribution in [3.8, 4) is 11.5 Å². The summed E-state index contributed by atoms with van der Waals surface area (Å²) in [4.78, 5) is 10.2. The molecule has 0 fully saturated rings. The number of carbonyl (C=O) groups is 1. The topological polar surface area (TPSA) is 77.8 Å². The van der Waals surface area contributed by atoms with Crippen molar-refractivity contribution < 1.29 is 20.1 Å². The lowest BCUT2D eigenvalue weighted by Crippen LogP contribution is -1.93. The summed E-state index contributed by atoms with van der Waals surface area (Å²) in [7, 11) is 0. The Bertz CT molecular complexity index is 459. The van der Waals surface area contributed by atoms with Crippen molar-refractivity contribution in [1.82, 2.24) is 0 Å². The third-order valence-electron chi connectivity index (χ3n) is 1.90. The lowest BCUT2D eigenvalue weighted by atomic mass is 10.2. The van der Waals surface area contributed by atoms with Crippen LogP contribution in [0.2, 0.25) is 0 Å². The predicted molar refractivity (Wildman–Crippen MR) is 63.2 cm³/mol. The number of phenols is 2. The van der Waals surface area contributed by atoms with Gasteiger partial charge < -0.3 is 15.3 Å². The van der Waals surface area contributed by atoms with Crippen molar-refractivity contribution in [3.63, 3.8) is 0 Å². The Balaban J connectivity index is 0.000000171. The van der Waals surface area contributed by atoms with E-state index in [0.717, 1.165) is 0 Å². The van der Waals surface area contributed by atoms with Crippen molar-refractivity contribution in [3.05, 3.63) is 60.2 Å². The zero-order valence-electron chi connectivity index (χ0n) is 8.95. The zero-order chi connectivity index (χ0) is 12.7. The third kappa shape index (κ3) is 4.25. The molecule has 0 aliphatic rings. The lowest BCUT2D eigenvalue weighted by molar-refractivity contribution is 0.0697. The molecule has 4 nitrogen and oxygen atoms in total. The van der Waals surface area contributed by atoms with E-state index in [4.69, 9.17) is 15.3 Å². The van der Waals surface area contributed by atoms with Gasteiger partial charge in [0, 0.05) is 0 Å². The van der Waals surface area contributed by atoms with Gasteiger partial charge in [-0.15, -0.1) is 0 Å². The van der Waals surface area contributed by atoms with Crippen LogP contribution in [0.3, 0.4) is 0 Å². The largest absolute Gasteiger partial charge is 0.504 e. The first-order chi connectivity index (χ1) is 8.11. The molecule has 17 heavy (non-hydrogen) atoms. The molecule has 0 saturated carbocycles. The fraction of sp³-hybridized carbons (Fsp3) is 0. The highest BCUT2D eigenvalue weighted by atomic mass is 16.4. The van der Waals surface area contributed by atoms with Crippen LogP contribution in [0.4, 0.5) is 0 Å². The molecular formula is C13H12O4. The Hall–Kier alpha value is -2.49. The number of hydrogen-bond donors (Lipinski definition) is 3. The van der Waals surface area contributed by atoms with Gasteiger partial charge in [0.1, 0.15) is 0 Å². The van der Waals surface area contributed by atoms with Gasteiger partial charge in [0.15, 0.2) is 11.5 Å². The van der Waals surface area contributed by atoms with E-state index < -0.39 is 5.97 Å². The summed E-state index contributed by atoms with van der Waals surface area (Å²) in [5.41, 5.74) is 0.331. The fourth-order valence-electron chi connectivity index (χ4n) is 1.04. The lowest BCUT2D eigenvalue weighted by Gasteiger charge is -1.91. The van der Waals surface area contributed by atoms with Crippen LogP contribution in [0, 0.1) is 0 Å². The molecule has 0 atom stereocenters. The molecule has 0 bridgehead atoms. The van der Waals surface area contributed by atoms with Crippen molar-refractivity contribution in [2.75, 3.05) is 0 Å². The molecule has 0 aliphatic carbocycles. The second-order valence-electron chi connectivity index (χ2n) is 3.16. The molecule has 88 valence electrons. The van der Waals surface area contributed by atoms with E-state index in [9.17, 15) is 4.79 Å². The van der Waals surface area contributed by atoms with Crippen LogP contribution in [0.25, 0.3) is 0 Å². The van der Waals surface area contributed by atoms with Gasteiger partial charge in [0.05, 0.1) is 5.56 Å². The molecule has 0 saturated heterocycles. The minimum Gasteiger partial charge on any atom is -0.504 e. The molecule has 2 aromatic carbocycles. The molecule has 0 radical (unpaired) electrons. The summed E-state index contributed by atoms with van der Waals surface area (Å²) in [6.45, 7) is 0. The monoisotopic (exact) mass is 232 g/mol. The van der Waals surface area contributed by atoms with E-state index in [0.29, 0.717) is 5.56 Å².